The smallest absolute Gasteiger partial charge is 0.310 e. The minimum Gasteiger partial charge on any atom is -0.462 e. The Balaban J connectivity index is 4.52. The van der Waals surface area contributed by atoms with Gasteiger partial charge >= 0.3 is 17.9 Å². The minimum absolute atomic E-state index is 0.0760. The molecule has 0 saturated heterocycles. The van der Waals surface area contributed by atoms with E-state index < -0.39 is 12.1 Å². The van der Waals surface area contributed by atoms with E-state index in [1.807, 2.05) is 6.08 Å². The second kappa shape index (κ2) is 62.8. The van der Waals surface area contributed by atoms with E-state index in [2.05, 4.69) is 203 Å². The monoisotopic (exact) mass is 1050 g/mol. The summed E-state index contributed by atoms with van der Waals surface area (Å²) in [5.41, 5.74) is 0. The molecule has 77 heavy (non-hydrogen) atoms. The largest absolute Gasteiger partial charge is 0.462 e. The summed E-state index contributed by atoms with van der Waals surface area (Å²) in [6.45, 7) is 6.15. The Bertz CT molecular complexity index is 1880. The normalized spacial score (nSPS) is 13.5. The first-order valence-electron chi connectivity index (χ1n) is 29.9. The lowest BCUT2D eigenvalue weighted by Gasteiger charge is -2.18. The van der Waals surface area contributed by atoms with Crippen LogP contribution in [0.15, 0.2) is 194 Å². The average molecular weight is 1060 g/mol. The third-order valence-corrected chi connectivity index (χ3v) is 11.6. The number of allylic oxidation sites excluding steroid dienone is 31. The topological polar surface area (TPSA) is 78.9 Å². The molecule has 0 heterocycles. The van der Waals surface area contributed by atoms with Gasteiger partial charge in [-0.2, -0.15) is 0 Å². The molecule has 0 radical (unpaired) electrons. The van der Waals surface area contributed by atoms with E-state index in [4.69, 9.17) is 14.2 Å². The van der Waals surface area contributed by atoms with E-state index in [1.165, 1.54) is 0 Å². The molecule has 0 N–H and O–H groups in total. The number of carbonyl (C=O) groups excluding carboxylic acids is 3. The molecule has 0 spiro atoms. The Hall–Kier alpha value is -5.75. The van der Waals surface area contributed by atoms with Crippen molar-refractivity contribution in [1.82, 2.24) is 0 Å². The Kier molecular flexibility index (Phi) is 58.1. The molecule has 6 heteroatoms. The van der Waals surface area contributed by atoms with Crippen LogP contribution in [0.1, 0.15) is 213 Å². The van der Waals surface area contributed by atoms with Crippen LogP contribution >= 0.6 is 0 Å². The molecular weight excluding hydrogens is 949 g/mol. The fraction of sp³-hybridized carbons (Fsp3) is 0.507. The molecule has 0 saturated carbocycles. The van der Waals surface area contributed by atoms with E-state index >= 15 is 0 Å². The molecule has 0 amide bonds. The molecular formula is C71H106O6. The van der Waals surface area contributed by atoms with Gasteiger partial charge in [0.15, 0.2) is 6.10 Å². The SMILES string of the molecule is CC/C=C\C/C=C\C/C=C\C/C=C\C/C=C\C/C=C\C/C=C\C/C=C\CCCCCCC(=O)OCC(COC(=O)CCCCCCC/C=C\C/C=C\C/C=C\CC)OC(=O)C/C=C\C/C=C\C/C=C\C/C=C\C/C=C\CC. The van der Waals surface area contributed by atoms with Gasteiger partial charge in [-0.25, -0.2) is 0 Å². The molecule has 0 aliphatic rings. The van der Waals surface area contributed by atoms with E-state index in [-0.39, 0.29) is 31.6 Å². The quantitative estimate of drug-likeness (QED) is 0.0261. The van der Waals surface area contributed by atoms with Crippen LogP contribution < -0.4 is 0 Å². The molecule has 0 bridgehead atoms. The molecule has 0 aliphatic heterocycles. The highest BCUT2D eigenvalue weighted by Crippen LogP contribution is 2.11. The fourth-order valence-corrected chi connectivity index (χ4v) is 7.25. The highest BCUT2D eigenvalue weighted by molar-refractivity contribution is 5.72. The standard InChI is InChI=1S/C71H106O6/c1-4-7-10-13-16-19-22-25-28-29-30-31-32-33-34-35-36-37-38-39-40-41-44-46-49-52-55-58-61-64-70(73)76-67-68(77-71(74)65-62-59-56-53-50-47-43-27-24-21-18-15-12-9-6-3)66-75-69(72)63-60-57-54-51-48-45-42-26-23-20-17-14-11-8-5-2/h7-12,16-21,25-28,30-31,33-34,36-37,39-40,42-44,46,50,53,59,62,68H,4-6,13-15,22-24,29,32,35,38,41,45,47-49,51-52,54-58,60-61,63-67H2,1-3H3/b10-7-,11-8-,12-9-,19-16-,20-17-,21-18-,28-25-,31-30-,34-33-,37-36-,40-39-,42-26-,43-27-,46-44-,53-50-,62-59-. The molecule has 1 atom stereocenters. The number of hydrogen-bond donors (Lipinski definition) is 0. The van der Waals surface area contributed by atoms with Gasteiger partial charge < -0.3 is 14.2 Å². The number of rotatable bonds is 51. The third-order valence-electron chi connectivity index (χ3n) is 11.6. The summed E-state index contributed by atoms with van der Waals surface area (Å²) in [6.07, 6.45) is 96.0. The molecule has 426 valence electrons. The van der Waals surface area contributed by atoms with Crippen molar-refractivity contribution in [2.45, 2.75) is 219 Å². The maximum Gasteiger partial charge on any atom is 0.310 e. The summed E-state index contributed by atoms with van der Waals surface area (Å²) >= 11 is 0. The Morgan fingerprint density at radius 2 is 0.506 bits per heavy atom. The average Bonchev–Trinajstić information content (AvgIpc) is 3.43. The predicted molar refractivity (Wildman–Crippen MR) is 334 cm³/mol. The van der Waals surface area contributed by atoms with Crippen molar-refractivity contribution in [3.8, 4) is 0 Å². The van der Waals surface area contributed by atoms with Gasteiger partial charge in [0.1, 0.15) is 13.2 Å². The van der Waals surface area contributed by atoms with Crippen molar-refractivity contribution >= 4 is 17.9 Å². The van der Waals surface area contributed by atoms with Crippen LogP contribution in [0.25, 0.3) is 0 Å². The molecule has 1 unspecified atom stereocenters. The van der Waals surface area contributed by atoms with Gasteiger partial charge in [0.05, 0.1) is 6.42 Å². The number of esters is 3. The van der Waals surface area contributed by atoms with Gasteiger partial charge in [-0.1, -0.05) is 247 Å². The highest BCUT2D eigenvalue weighted by Gasteiger charge is 2.19. The van der Waals surface area contributed by atoms with E-state index in [9.17, 15) is 14.4 Å². The van der Waals surface area contributed by atoms with Crippen molar-refractivity contribution in [3.05, 3.63) is 194 Å². The van der Waals surface area contributed by atoms with Gasteiger partial charge in [-0.05, 0) is 141 Å². The molecule has 0 fully saturated rings. The van der Waals surface area contributed by atoms with Gasteiger partial charge in [0.2, 0.25) is 0 Å². The van der Waals surface area contributed by atoms with Gasteiger partial charge in [-0.15, -0.1) is 0 Å². The minimum atomic E-state index is -0.863. The molecule has 0 rings (SSSR count). The van der Waals surface area contributed by atoms with Crippen LogP contribution in [0.4, 0.5) is 0 Å². The van der Waals surface area contributed by atoms with Gasteiger partial charge in [-0.3, -0.25) is 14.4 Å². The van der Waals surface area contributed by atoms with Crippen molar-refractivity contribution in [2.24, 2.45) is 0 Å². The van der Waals surface area contributed by atoms with Crippen molar-refractivity contribution in [1.29, 1.82) is 0 Å². The van der Waals surface area contributed by atoms with Crippen molar-refractivity contribution in [2.75, 3.05) is 13.2 Å². The highest BCUT2D eigenvalue weighted by atomic mass is 16.6. The first-order chi connectivity index (χ1) is 38.0. The van der Waals surface area contributed by atoms with Crippen LogP contribution in [0, 0.1) is 0 Å². The lowest BCUT2D eigenvalue weighted by molar-refractivity contribution is -0.166. The number of hydrogen-bond acceptors (Lipinski definition) is 6. The Morgan fingerprint density at radius 3 is 0.792 bits per heavy atom. The first-order valence-corrected chi connectivity index (χ1v) is 29.9. The summed E-state index contributed by atoms with van der Waals surface area (Å²) < 4.78 is 16.7. The maximum atomic E-state index is 12.8. The fourth-order valence-electron chi connectivity index (χ4n) is 7.25. The van der Waals surface area contributed by atoms with Crippen molar-refractivity contribution < 1.29 is 28.6 Å². The van der Waals surface area contributed by atoms with E-state index in [1.54, 1.807) is 6.08 Å². The van der Waals surface area contributed by atoms with E-state index in [0.29, 0.717) is 19.3 Å². The van der Waals surface area contributed by atoms with Gasteiger partial charge in [0, 0.05) is 12.8 Å². The Morgan fingerprint density at radius 1 is 0.273 bits per heavy atom. The summed E-state index contributed by atoms with van der Waals surface area (Å²) in [4.78, 5) is 38.1. The number of carbonyl (C=O) groups is 3. The van der Waals surface area contributed by atoms with Crippen molar-refractivity contribution in [3.63, 3.8) is 0 Å². The zero-order chi connectivity index (χ0) is 55.7. The predicted octanol–water partition coefficient (Wildman–Crippen LogP) is 20.6. The summed E-state index contributed by atoms with van der Waals surface area (Å²) in [5.74, 6) is -1.13. The maximum absolute atomic E-state index is 12.8. The summed E-state index contributed by atoms with van der Waals surface area (Å²) in [6, 6.07) is 0. The first kappa shape index (κ1) is 71.2. The Labute approximate surface area is 471 Å². The second-order valence-corrected chi connectivity index (χ2v) is 18.8. The zero-order valence-corrected chi connectivity index (χ0v) is 48.6. The second-order valence-electron chi connectivity index (χ2n) is 18.8. The molecule has 6 nitrogen and oxygen atoms in total. The van der Waals surface area contributed by atoms with Gasteiger partial charge in [0.25, 0.3) is 0 Å². The zero-order valence-electron chi connectivity index (χ0n) is 48.6. The molecule has 0 aromatic carbocycles. The lowest BCUT2D eigenvalue weighted by atomic mass is 10.1. The molecule has 0 aromatic rings. The van der Waals surface area contributed by atoms with Crippen LogP contribution in [0.3, 0.4) is 0 Å². The third kappa shape index (κ3) is 61.0. The summed E-state index contributed by atoms with van der Waals surface area (Å²) in [5, 5.41) is 0. The van der Waals surface area contributed by atoms with Crippen LogP contribution in [-0.4, -0.2) is 37.2 Å². The van der Waals surface area contributed by atoms with Crippen LogP contribution in [0.5, 0.6) is 0 Å². The molecule has 0 aromatic heterocycles. The number of ether oxygens (including phenoxy) is 3. The van der Waals surface area contributed by atoms with E-state index in [0.717, 1.165) is 167 Å². The van der Waals surface area contributed by atoms with Crippen LogP contribution in [0.2, 0.25) is 0 Å². The number of unbranched alkanes of at least 4 members (excludes halogenated alkanes) is 9. The lowest BCUT2D eigenvalue weighted by Crippen LogP contribution is -2.30. The summed E-state index contributed by atoms with van der Waals surface area (Å²) in [7, 11) is 0. The molecule has 0 aliphatic carbocycles. The van der Waals surface area contributed by atoms with Crippen LogP contribution in [-0.2, 0) is 28.6 Å².